The summed E-state index contributed by atoms with van der Waals surface area (Å²) < 4.78 is 2.00. The summed E-state index contributed by atoms with van der Waals surface area (Å²) in [5.41, 5.74) is 2.20. The molecule has 4 nitrogen and oxygen atoms in total. The van der Waals surface area contributed by atoms with Crippen LogP contribution in [0.3, 0.4) is 0 Å². The number of anilines is 1. The Kier molecular flexibility index (Phi) is 4.09. The summed E-state index contributed by atoms with van der Waals surface area (Å²) in [6, 6.07) is 16.4. The van der Waals surface area contributed by atoms with Crippen LogP contribution >= 0.6 is 11.3 Å². The predicted molar refractivity (Wildman–Crippen MR) is 98.2 cm³/mol. The zero-order valence-electron chi connectivity index (χ0n) is 13.3. The van der Waals surface area contributed by atoms with E-state index in [0.717, 1.165) is 36.7 Å². The first-order valence-electron chi connectivity index (χ1n) is 8.13. The molecule has 0 aliphatic carbocycles. The molecule has 0 N–H and O–H groups in total. The number of piperazine rings is 1. The molecule has 1 saturated heterocycles. The molecular formula is C19H19N3OS. The highest BCUT2D eigenvalue weighted by Gasteiger charge is 2.25. The third-order valence-corrected chi connectivity index (χ3v) is 5.30. The van der Waals surface area contributed by atoms with Crippen molar-refractivity contribution in [2.75, 3.05) is 31.1 Å². The number of carbonyl (C=O) groups excluding carboxylic acids is 1. The average molecular weight is 337 g/mol. The number of hydrogen-bond donors (Lipinski definition) is 0. The van der Waals surface area contributed by atoms with E-state index in [2.05, 4.69) is 29.2 Å². The second kappa shape index (κ2) is 6.53. The van der Waals surface area contributed by atoms with Crippen molar-refractivity contribution in [3.8, 4) is 5.69 Å². The van der Waals surface area contributed by atoms with Crippen LogP contribution in [0.2, 0.25) is 0 Å². The monoisotopic (exact) mass is 337 g/mol. The molecule has 1 aliphatic rings. The van der Waals surface area contributed by atoms with Gasteiger partial charge in [0.05, 0.1) is 5.69 Å². The molecule has 0 atom stereocenters. The molecule has 0 radical (unpaired) electrons. The van der Waals surface area contributed by atoms with Crippen molar-refractivity contribution in [3.63, 3.8) is 0 Å². The first kappa shape index (κ1) is 15.0. The number of para-hydroxylation sites is 1. The third kappa shape index (κ3) is 2.83. The minimum absolute atomic E-state index is 0.140. The van der Waals surface area contributed by atoms with E-state index in [1.807, 2.05) is 51.5 Å². The first-order valence-corrected chi connectivity index (χ1v) is 9.01. The Balaban J connectivity index is 1.47. The van der Waals surface area contributed by atoms with Crippen LogP contribution in [0.25, 0.3) is 5.69 Å². The van der Waals surface area contributed by atoms with Crippen molar-refractivity contribution >= 4 is 22.9 Å². The van der Waals surface area contributed by atoms with Crippen LogP contribution in [0.1, 0.15) is 9.67 Å². The van der Waals surface area contributed by atoms with Gasteiger partial charge in [0.15, 0.2) is 0 Å². The standard InChI is InChI=1S/C19H19N3OS/c23-19(18-17(8-15-24-18)21-9-4-5-10-21)22-13-11-20(12-14-22)16-6-2-1-3-7-16/h1-10,15H,11-14H2. The van der Waals surface area contributed by atoms with Crippen LogP contribution < -0.4 is 4.90 Å². The van der Waals surface area contributed by atoms with Crippen LogP contribution in [0.15, 0.2) is 66.3 Å². The maximum atomic E-state index is 12.9. The molecule has 4 rings (SSSR count). The summed E-state index contributed by atoms with van der Waals surface area (Å²) in [7, 11) is 0. The Morgan fingerprint density at radius 1 is 0.875 bits per heavy atom. The van der Waals surface area contributed by atoms with E-state index in [1.54, 1.807) is 0 Å². The van der Waals surface area contributed by atoms with Gasteiger partial charge in [0.1, 0.15) is 4.88 Å². The minimum atomic E-state index is 0.140. The zero-order valence-corrected chi connectivity index (χ0v) is 14.2. The van der Waals surface area contributed by atoms with Crippen LogP contribution in [-0.2, 0) is 0 Å². The van der Waals surface area contributed by atoms with Crippen molar-refractivity contribution in [3.05, 3.63) is 71.2 Å². The van der Waals surface area contributed by atoms with Crippen molar-refractivity contribution in [2.24, 2.45) is 0 Å². The summed E-state index contributed by atoms with van der Waals surface area (Å²) in [4.78, 5) is 18.1. The van der Waals surface area contributed by atoms with Gasteiger partial charge in [0.2, 0.25) is 0 Å². The topological polar surface area (TPSA) is 28.5 Å². The SMILES string of the molecule is O=C(c1sccc1-n1cccc1)N1CCN(c2ccccc2)CC1. The highest BCUT2D eigenvalue weighted by Crippen LogP contribution is 2.24. The molecule has 3 aromatic rings. The summed E-state index contributed by atoms with van der Waals surface area (Å²) in [5.74, 6) is 0.140. The minimum Gasteiger partial charge on any atom is -0.368 e. The lowest BCUT2D eigenvalue weighted by Gasteiger charge is -2.36. The second-order valence-corrected chi connectivity index (χ2v) is 6.76. The fraction of sp³-hybridized carbons (Fsp3) is 0.211. The fourth-order valence-corrected chi connectivity index (χ4v) is 3.97. The van der Waals surface area contributed by atoms with Gasteiger partial charge in [-0.3, -0.25) is 4.79 Å². The van der Waals surface area contributed by atoms with Gasteiger partial charge in [-0.05, 0) is 35.7 Å². The van der Waals surface area contributed by atoms with E-state index in [4.69, 9.17) is 0 Å². The van der Waals surface area contributed by atoms with E-state index in [-0.39, 0.29) is 5.91 Å². The van der Waals surface area contributed by atoms with E-state index >= 15 is 0 Å². The lowest BCUT2D eigenvalue weighted by molar-refractivity contribution is 0.0751. The third-order valence-electron chi connectivity index (χ3n) is 4.41. The van der Waals surface area contributed by atoms with Crippen LogP contribution in [0, 0.1) is 0 Å². The maximum Gasteiger partial charge on any atom is 0.266 e. The fourth-order valence-electron chi connectivity index (χ4n) is 3.11. The van der Waals surface area contributed by atoms with Crippen molar-refractivity contribution in [1.29, 1.82) is 0 Å². The van der Waals surface area contributed by atoms with Crippen molar-refractivity contribution < 1.29 is 4.79 Å². The van der Waals surface area contributed by atoms with Gasteiger partial charge in [-0.15, -0.1) is 11.3 Å². The molecule has 0 bridgehead atoms. The molecule has 0 unspecified atom stereocenters. The van der Waals surface area contributed by atoms with Crippen LogP contribution in [-0.4, -0.2) is 41.6 Å². The predicted octanol–water partition coefficient (Wildman–Crippen LogP) is 3.50. The highest BCUT2D eigenvalue weighted by molar-refractivity contribution is 7.12. The normalized spacial score (nSPS) is 14.8. The quantitative estimate of drug-likeness (QED) is 0.732. The Hall–Kier alpha value is -2.53. The van der Waals surface area contributed by atoms with Crippen LogP contribution in [0.4, 0.5) is 5.69 Å². The van der Waals surface area contributed by atoms with E-state index < -0.39 is 0 Å². The highest BCUT2D eigenvalue weighted by atomic mass is 32.1. The van der Waals surface area contributed by atoms with Gasteiger partial charge in [-0.2, -0.15) is 0 Å². The summed E-state index contributed by atoms with van der Waals surface area (Å²) in [6.45, 7) is 3.27. The number of hydrogen-bond acceptors (Lipinski definition) is 3. The number of thiophene rings is 1. The van der Waals surface area contributed by atoms with Gasteiger partial charge in [0.25, 0.3) is 5.91 Å². The molecule has 2 aromatic heterocycles. The Morgan fingerprint density at radius 3 is 2.29 bits per heavy atom. The van der Waals surface area contributed by atoms with Gasteiger partial charge < -0.3 is 14.4 Å². The molecule has 1 fully saturated rings. The van der Waals surface area contributed by atoms with Crippen LogP contribution in [0.5, 0.6) is 0 Å². The van der Waals surface area contributed by atoms with Crippen molar-refractivity contribution in [2.45, 2.75) is 0 Å². The largest absolute Gasteiger partial charge is 0.368 e. The molecule has 5 heteroatoms. The Morgan fingerprint density at radius 2 is 1.58 bits per heavy atom. The molecule has 122 valence electrons. The first-order chi connectivity index (χ1) is 11.8. The van der Waals surface area contributed by atoms with Crippen molar-refractivity contribution in [1.82, 2.24) is 9.47 Å². The molecule has 0 saturated carbocycles. The molecule has 1 amide bonds. The maximum absolute atomic E-state index is 12.9. The lowest BCUT2D eigenvalue weighted by Crippen LogP contribution is -2.48. The van der Waals surface area contributed by atoms with E-state index in [0.29, 0.717) is 0 Å². The molecule has 3 heterocycles. The summed E-state index contributed by atoms with van der Waals surface area (Å²) in [6.07, 6.45) is 3.96. The lowest BCUT2D eigenvalue weighted by atomic mass is 10.2. The van der Waals surface area contributed by atoms with E-state index in [1.165, 1.54) is 17.0 Å². The number of amides is 1. The Bertz CT molecular complexity index is 802. The molecule has 1 aromatic carbocycles. The van der Waals surface area contributed by atoms with Gasteiger partial charge >= 0.3 is 0 Å². The van der Waals surface area contributed by atoms with Gasteiger partial charge in [-0.1, -0.05) is 18.2 Å². The van der Waals surface area contributed by atoms with E-state index in [9.17, 15) is 4.79 Å². The number of nitrogens with zero attached hydrogens (tertiary/aromatic N) is 3. The van der Waals surface area contributed by atoms with Gasteiger partial charge in [-0.25, -0.2) is 0 Å². The summed E-state index contributed by atoms with van der Waals surface area (Å²) >= 11 is 1.52. The molecular weight excluding hydrogens is 318 g/mol. The smallest absolute Gasteiger partial charge is 0.266 e. The number of aromatic nitrogens is 1. The zero-order chi connectivity index (χ0) is 16.4. The number of carbonyl (C=O) groups is 1. The second-order valence-electron chi connectivity index (χ2n) is 5.84. The average Bonchev–Trinajstić information content (AvgIpc) is 3.33. The molecule has 24 heavy (non-hydrogen) atoms. The Labute approximate surface area is 145 Å². The summed E-state index contributed by atoms with van der Waals surface area (Å²) in [5, 5.41) is 1.99. The molecule has 1 aliphatic heterocycles. The number of rotatable bonds is 3. The molecule has 0 spiro atoms. The van der Waals surface area contributed by atoms with Gasteiger partial charge in [0, 0.05) is 44.3 Å². The number of benzene rings is 1.